The summed E-state index contributed by atoms with van der Waals surface area (Å²) in [5.41, 5.74) is 1.07. The molecule has 0 unspecified atom stereocenters. The van der Waals surface area contributed by atoms with Crippen LogP contribution in [-0.2, 0) is 6.54 Å². The second-order valence-corrected chi connectivity index (χ2v) is 3.56. The summed E-state index contributed by atoms with van der Waals surface area (Å²) in [7, 11) is 0. The maximum absolute atomic E-state index is 8.86. The molecule has 2 N–H and O–H groups in total. The molecule has 1 atom stereocenters. The minimum atomic E-state index is 0.0594. The molecule has 86 valence electrons. The van der Waals surface area contributed by atoms with E-state index in [1.807, 2.05) is 37.3 Å². The third-order valence-corrected chi connectivity index (χ3v) is 2.13. The lowest BCUT2D eigenvalue weighted by Gasteiger charge is -2.11. The van der Waals surface area contributed by atoms with E-state index in [-0.39, 0.29) is 19.3 Å². The van der Waals surface area contributed by atoms with Gasteiger partial charge in [0.2, 0.25) is 0 Å². The zero-order valence-corrected chi connectivity index (χ0v) is 9.31. The van der Waals surface area contributed by atoms with Gasteiger partial charge in [0.05, 0.1) is 6.61 Å². The second kappa shape index (κ2) is 6.83. The van der Waals surface area contributed by atoms with E-state index in [0.717, 1.165) is 5.56 Å². The van der Waals surface area contributed by atoms with Crippen molar-refractivity contribution in [2.75, 3.05) is 13.2 Å². The number of nitrogens with one attached hydrogen (secondary N) is 1. The first kappa shape index (κ1) is 12.5. The average Bonchev–Trinajstić information content (AvgIpc) is 2.34. The summed E-state index contributed by atoms with van der Waals surface area (Å²) in [6.07, 6.45) is 0. The summed E-state index contributed by atoms with van der Waals surface area (Å²) < 4.78 is 5.19. The van der Waals surface area contributed by atoms with E-state index in [1.165, 1.54) is 0 Å². The van der Waals surface area contributed by atoms with Crippen LogP contribution < -0.4 is 10.1 Å². The first-order valence-electron chi connectivity index (χ1n) is 5.19. The van der Waals surface area contributed by atoms with E-state index in [0.29, 0.717) is 12.3 Å². The predicted molar refractivity (Wildman–Crippen MR) is 60.9 cm³/mol. The molecule has 0 saturated carbocycles. The molecule has 4 heteroatoms. The minimum Gasteiger partial charge on any atom is -0.479 e. The number of ether oxygens (including phenoxy) is 1. The van der Waals surface area contributed by atoms with Crippen molar-refractivity contribution < 1.29 is 9.84 Å². The summed E-state index contributed by atoms with van der Waals surface area (Å²) >= 11 is 0. The van der Waals surface area contributed by atoms with E-state index >= 15 is 0 Å². The van der Waals surface area contributed by atoms with Crippen molar-refractivity contribution in [3.63, 3.8) is 0 Å². The topological polar surface area (TPSA) is 65.3 Å². The highest BCUT2D eigenvalue weighted by molar-refractivity contribution is 5.28. The Labute approximate surface area is 95.5 Å². The lowest BCUT2D eigenvalue weighted by molar-refractivity contribution is 0.251. The van der Waals surface area contributed by atoms with Crippen molar-refractivity contribution in [2.24, 2.45) is 0 Å². The number of benzene rings is 1. The Morgan fingerprint density at radius 2 is 2.38 bits per heavy atom. The monoisotopic (exact) mass is 220 g/mol. The zero-order chi connectivity index (χ0) is 11.8. The summed E-state index contributed by atoms with van der Waals surface area (Å²) in [6.45, 7) is 2.76. The van der Waals surface area contributed by atoms with Crippen LogP contribution in [0.2, 0.25) is 0 Å². The van der Waals surface area contributed by atoms with Crippen molar-refractivity contribution in [1.82, 2.24) is 5.32 Å². The van der Waals surface area contributed by atoms with Crippen LogP contribution in [0.15, 0.2) is 24.3 Å². The summed E-state index contributed by atoms with van der Waals surface area (Å²) in [4.78, 5) is 0. The Kier molecular flexibility index (Phi) is 5.34. The molecular weight excluding hydrogens is 204 g/mol. The number of nitriles is 1. The highest BCUT2D eigenvalue weighted by Gasteiger charge is 2.00. The molecule has 0 aliphatic rings. The van der Waals surface area contributed by atoms with E-state index in [1.54, 1.807) is 0 Å². The Balaban J connectivity index is 2.50. The molecule has 0 amide bonds. The molecule has 0 aromatic heterocycles. The molecule has 0 heterocycles. The molecule has 0 spiro atoms. The third kappa shape index (κ3) is 4.30. The highest BCUT2D eigenvalue weighted by atomic mass is 16.5. The maximum Gasteiger partial charge on any atom is 0.174 e. The van der Waals surface area contributed by atoms with E-state index in [9.17, 15) is 0 Å². The number of nitrogens with zero attached hydrogens (tertiary/aromatic N) is 1. The Bertz CT molecular complexity index is 360. The van der Waals surface area contributed by atoms with Crippen molar-refractivity contribution in [1.29, 1.82) is 5.26 Å². The molecule has 0 aliphatic heterocycles. The van der Waals surface area contributed by atoms with Crippen LogP contribution in [-0.4, -0.2) is 24.4 Å². The summed E-state index contributed by atoms with van der Waals surface area (Å²) in [5.74, 6) is 0.692. The van der Waals surface area contributed by atoms with Crippen LogP contribution >= 0.6 is 0 Å². The van der Waals surface area contributed by atoms with Gasteiger partial charge in [-0.2, -0.15) is 5.26 Å². The Morgan fingerprint density at radius 3 is 3.06 bits per heavy atom. The fourth-order valence-electron chi connectivity index (χ4n) is 1.22. The molecule has 4 nitrogen and oxygen atoms in total. The second-order valence-electron chi connectivity index (χ2n) is 3.56. The first-order valence-corrected chi connectivity index (χ1v) is 5.19. The third-order valence-electron chi connectivity index (χ3n) is 2.13. The number of hydrogen-bond donors (Lipinski definition) is 2. The largest absolute Gasteiger partial charge is 0.479 e. The van der Waals surface area contributed by atoms with Gasteiger partial charge in [-0.15, -0.1) is 0 Å². The van der Waals surface area contributed by atoms with Gasteiger partial charge < -0.3 is 15.2 Å². The summed E-state index contributed by atoms with van der Waals surface area (Å²) in [5, 5.41) is 20.4. The smallest absolute Gasteiger partial charge is 0.174 e. The van der Waals surface area contributed by atoms with Gasteiger partial charge in [0.1, 0.15) is 11.8 Å². The van der Waals surface area contributed by atoms with E-state index < -0.39 is 0 Å². The van der Waals surface area contributed by atoms with Gasteiger partial charge in [-0.3, -0.25) is 0 Å². The van der Waals surface area contributed by atoms with Gasteiger partial charge in [0.15, 0.2) is 6.61 Å². The van der Waals surface area contributed by atoms with Crippen molar-refractivity contribution >= 4 is 0 Å². The molecule has 0 bridgehead atoms. The van der Waals surface area contributed by atoms with Crippen LogP contribution in [0, 0.1) is 11.3 Å². The summed E-state index contributed by atoms with van der Waals surface area (Å²) in [6, 6.07) is 9.55. The molecule has 0 saturated heterocycles. The highest BCUT2D eigenvalue weighted by Crippen LogP contribution is 2.13. The number of hydrogen-bond acceptors (Lipinski definition) is 4. The van der Waals surface area contributed by atoms with Crippen LogP contribution in [0.25, 0.3) is 0 Å². The van der Waals surface area contributed by atoms with E-state index in [4.69, 9.17) is 15.1 Å². The molecule has 1 rings (SSSR count). The fourth-order valence-corrected chi connectivity index (χ4v) is 1.22. The maximum atomic E-state index is 8.86. The minimum absolute atomic E-state index is 0.0594. The SMILES string of the molecule is C[C@H](CO)NCc1cccc(OCC#N)c1. The number of rotatable bonds is 6. The Morgan fingerprint density at radius 1 is 1.56 bits per heavy atom. The van der Waals surface area contributed by atoms with Gasteiger partial charge in [-0.1, -0.05) is 12.1 Å². The lowest BCUT2D eigenvalue weighted by Crippen LogP contribution is -2.28. The van der Waals surface area contributed by atoms with Crippen LogP contribution in [0.5, 0.6) is 5.75 Å². The molecule has 0 radical (unpaired) electrons. The zero-order valence-electron chi connectivity index (χ0n) is 9.31. The number of aliphatic hydroxyl groups excluding tert-OH is 1. The van der Waals surface area contributed by atoms with Gasteiger partial charge in [-0.05, 0) is 24.6 Å². The van der Waals surface area contributed by atoms with Gasteiger partial charge in [0, 0.05) is 12.6 Å². The van der Waals surface area contributed by atoms with E-state index in [2.05, 4.69) is 5.32 Å². The van der Waals surface area contributed by atoms with Crippen molar-refractivity contribution in [3.8, 4) is 11.8 Å². The fraction of sp³-hybridized carbons (Fsp3) is 0.417. The molecule has 16 heavy (non-hydrogen) atoms. The van der Waals surface area contributed by atoms with Crippen molar-refractivity contribution in [3.05, 3.63) is 29.8 Å². The molecule has 1 aromatic carbocycles. The van der Waals surface area contributed by atoms with Crippen molar-refractivity contribution in [2.45, 2.75) is 19.5 Å². The van der Waals surface area contributed by atoms with Gasteiger partial charge in [-0.25, -0.2) is 0 Å². The Hall–Kier alpha value is -1.57. The van der Waals surface area contributed by atoms with Gasteiger partial charge in [0.25, 0.3) is 0 Å². The van der Waals surface area contributed by atoms with Crippen LogP contribution in [0.1, 0.15) is 12.5 Å². The predicted octanol–water partition coefficient (Wildman–Crippen LogP) is 1.06. The standard InChI is InChI=1S/C12H16N2O2/c1-10(9-15)14-8-11-3-2-4-12(7-11)16-6-5-13/h2-4,7,10,14-15H,6,8-9H2,1H3/t10-/m1/s1. The first-order chi connectivity index (χ1) is 7.76. The number of aliphatic hydroxyl groups is 1. The molecule has 0 aliphatic carbocycles. The molecular formula is C12H16N2O2. The van der Waals surface area contributed by atoms with Crippen LogP contribution in [0.3, 0.4) is 0 Å². The molecule has 1 aromatic rings. The quantitative estimate of drug-likeness (QED) is 0.752. The van der Waals surface area contributed by atoms with Crippen LogP contribution in [0.4, 0.5) is 0 Å². The normalized spacial score (nSPS) is 11.8. The average molecular weight is 220 g/mol. The molecule has 0 fully saturated rings. The van der Waals surface area contributed by atoms with Gasteiger partial charge >= 0.3 is 0 Å². The lowest BCUT2D eigenvalue weighted by atomic mass is 10.2.